The van der Waals surface area contributed by atoms with Gasteiger partial charge in [-0.15, -0.1) is 10.2 Å². The van der Waals surface area contributed by atoms with Crippen molar-refractivity contribution in [2.45, 2.75) is 25.6 Å². The molecular weight excluding hydrogens is 381 g/mol. The molecule has 1 atom stereocenters. The lowest BCUT2D eigenvalue weighted by molar-refractivity contribution is -0.137. The third-order valence-corrected chi connectivity index (χ3v) is 5.09. The average Bonchev–Trinajstić information content (AvgIpc) is 3.15. The number of hydrogen-bond donors (Lipinski definition) is 0. The van der Waals surface area contributed by atoms with Crippen molar-refractivity contribution in [3.63, 3.8) is 0 Å². The van der Waals surface area contributed by atoms with Crippen LogP contribution in [0.25, 0.3) is 17.1 Å². The first-order chi connectivity index (χ1) is 14.0. The number of halogens is 3. The molecule has 1 aliphatic heterocycles. The van der Waals surface area contributed by atoms with E-state index in [1.807, 2.05) is 30.1 Å². The molecule has 146 valence electrons. The Bertz CT molecular complexity index is 1160. The third kappa shape index (κ3) is 2.65. The van der Waals surface area contributed by atoms with E-state index in [2.05, 4.69) is 20.2 Å². The van der Waals surface area contributed by atoms with E-state index < -0.39 is 11.7 Å². The summed E-state index contributed by atoms with van der Waals surface area (Å²) in [4.78, 5) is 10.8. The van der Waals surface area contributed by atoms with E-state index in [0.717, 1.165) is 24.0 Å². The zero-order chi connectivity index (χ0) is 20.2. The summed E-state index contributed by atoms with van der Waals surface area (Å²) in [6, 6.07) is 5.20. The molecule has 29 heavy (non-hydrogen) atoms. The minimum Gasteiger partial charge on any atom is -0.314 e. The van der Waals surface area contributed by atoms with Gasteiger partial charge in [-0.1, -0.05) is 31.2 Å². The Kier molecular flexibility index (Phi) is 3.80. The van der Waals surface area contributed by atoms with Gasteiger partial charge in [0.25, 0.3) is 0 Å². The molecule has 6 nitrogen and oxygen atoms in total. The fraction of sp³-hybridized carbons (Fsp3) is 0.200. The molecule has 3 heterocycles. The molecule has 0 saturated heterocycles. The van der Waals surface area contributed by atoms with Gasteiger partial charge in [0.2, 0.25) is 0 Å². The van der Waals surface area contributed by atoms with Crippen LogP contribution in [0.4, 0.5) is 19.0 Å². The van der Waals surface area contributed by atoms with E-state index in [-0.39, 0.29) is 17.4 Å². The topological polar surface area (TPSA) is 59.7 Å². The van der Waals surface area contributed by atoms with E-state index in [0.29, 0.717) is 11.5 Å². The lowest BCUT2D eigenvalue weighted by atomic mass is 10.0. The highest BCUT2D eigenvalue weighted by Gasteiger charge is 2.37. The zero-order valence-corrected chi connectivity index (χ0v) is 15.3. The molecule has 3 aromatic rings. The second kappa shape index (κ2) is 6.26. The Morgan fingerprint density at radius 2 is 1.97 bits per heavy atom. The Hall–Kier alpha value is -3.49. The molecule has 0 fully saturated rings. The second-order valence-electron chi connectivity index (χ2n) is 6.75. The van der Waals surface area contributed by atoms with Crippen molar-refractivity contribution in [1.29, 1.82) is 0 Å². The standard InChI is InChI=1S/C20H15F3N6/c1-2-15-19-27-25-11-28(19)16-10-24-17(26-18(16)29(15)12-6-5-7-12)13-8-3-4-9-14(13)20(21,22)23/h3-11,15H,2H2,1H3/t15-/m1/s1. The molecule has 0 unspecified atom stereocenters. The summed E-state index contributed by atoms with van der Waals surface area (Å²) in [5.41, 5.74) is 0.732. The van der Waals surface area contributed by atoms with Gasteiger partial charge in [-0.2, -0.15) is 13.2 Å². The van der Waals surface area contributed by atoms with Gasteiger partial charge in [0, 0.05) is 11.3 Å². The highest BCUT2D eigenvalue weighted by Crippen LogP contribution is 2.43. The molecule has 2 aliphatic rings. The van der Waals surface area contributed by atoms with E-state index in [4.69, 9.17) is 0 Å². The maximum Gasteiger partial charge on any atom is 0.417 e. The zero-order valence-electron chi connectivity index (χ0n) is 15.3. The number of anilines is 1. The largest absolute Gasteiger partial charge is 0.417 e. The van der Waals surface area contributed by atoms with Crippen molar-refractivity contribution in [2.75, 3.05) is 4.90 Å². The van der Waals surface area contributed by atoms with Crippen LogP contribution in [0.2, 0.25) is 0 Å². The van der Waals surface area contributed by atoms with Crippen LogP contribution in [0.3, 0.4) is 0 Å². The van der Waals surface area contributed by atoms with Gasteiger partial charge in [0.05, 0.1) is 17.8 Å². The van der Waals surface area contributed by atoms with Crippen molar-refractivity contribution in [3.05, 3.63) is 72.1 Å². The Morgan fingerprint density at radius 3 is 2.66 bits per heavy atom. The monoisotopic (exact) mass is 396 g/mol. The van der Waals surface area contributed by atoms with Crippen molar-refractivity contribution in [1.82, 2.24) is 24.7 Å². The summed E-state index contributed by atoms with van der Waals surface area (Å²) in [6.07, 6.45) is 5.10. The van der Waals surface area contributed by atoms with E-state index in [1.165, 1.54) is 18.3 Å². The quantitative estimate of drug-likeness (QED) is 0.654. The highest BCUT2D eigenvalue weighted by atomic mass is 19.4. The molecule has 0 radical (unpaired) electrons. The van der Waals surface area contributed by atoms with Crippen LogP contribution >= 0.6 is 0 Å². The summed E-state index contributed by atoms with van der Waals surface area (Å²) >= 11 is 0. The first-order valence-corrected chi connectivity index (χ1v) is 9.10. The molecule has 0 saturated carbocycles. The normalized spacial score (nSPS) is 17.4. The van der Waals surface area contributed by atoms with Gasteiger partial charge < -0.3 is 4.90 Å². The predicted octanol–water partition coefficient (Wildman–Crippen LogP) is 4.47. The Morgan fingerprint density at radius 1 is 1.17 bits per heavy atom. The first kappa shape index (κ1) is 17.6. The Labute approximate surface area is 164 Å². The molecule has 0 N–H and O–H groups in total. The van der Waals surface area contributed by atoms with Crippen LogP contribution in [0.15, 0.2) is 60.7 Å². The van der Waals surface area contributed by atoms with Crippen LogP contribution in [-0.4, -0.2) is 24.7 Å². The number of benzene rings is 1. The predicted molar refractivity (Wildman–Crippen MR) is 100 cm³/mol. The molecular formula is C20H15F3N6. The Balaban J connectivity index is 1.72. The summed E-state index contributed by atoms with van der Waals surface area (Å²) in [7, 11) is 0. The van der Waals surface area contributed by atoms with Crippen LogP contribution in [0.5, 0.6) is 0 Å². The molecule has 1 aliphatic carbocycles. The second-order valence-corrected chi connectivity index (χ2v) is 6.75. The molecule has 0 spiro atoms. The summed E-state index contributed by atoms with van der Waals surface area (Å²) in [5, 5.41) is 8.25. The minimum absolute atomic E-state index is 0.0250. The molecule has 5 rings (SSSR count). The lowest BCUT2D eigenvalue weighted by Crippen LogP contribution is -2.35. The van der Waals surface area contributed by atoms with E-state index in [9.17, 15) is 13.2 Å². The number of hydrogen-bond acceptors (Lipinski definition) is 5. The highest BCUT2D eigenvalue weighted by molar-refractivity contribution is 5.71. The molecule has 1 aromatic carbocycles. The van der Waals surface area contributed by atoms with Crippen LogP contribution in [0.1, 0.15) is 30.8 Å². The van der Waals surface area contributed by atoms with E-state index in [1.54, 1.807) is 17.0 Å². The maximum absolute atomic E-state index is 13.5. The van der Waals surface area contributed by atoms with Crippen LogP contribution in [-0.2, 0) is 6.18 Å². The fourth-order valence-electron chi connectivity index (χ4n) is 3.70. The van der Waals surface area contributed by atoms with Gasteiger partial charge in [-0.3, -0.25) is 4.57 Å². The van der Waals surface area contributed by atoms with Crippen molar-refractivity contribution < 1.29 is 13.2 Å². The van der Waals surface area contributed by atoms with Crippen molar-refractivity contribution in [3.8, 4) is 17.1 Å². The van der Waals surface area contributed by atoms with Crippen molar-refractivity contribution >= 4 is 5.82 Å². The number of allylic oxidation sites excluding steroid dienone is 3. The van der Waals surface area contributed by atoms with Crippen LogP contribution < -0.4 is 4.90 Å². The third-order valence-electron chi connectivity index (χ3n) is 5.09. The summed E-state index contributed by atoms with van der Waals surface area (Å²) < 4.78 is 42.3. The van der Waals surface area contributed by atoms with E-state index >= 15 is 0 Å². The number of rotatable bonds is 3. The van der Waals surface area contributed by atoms with Gasteiger partial charge in [0.15, 0.2) is 17.5 Å². The number of fused-ring (bicyclic) bond motifs is 3. The minimum atomic E-state index is -4.50. The summed E-state index contributed by atoms with van der Waals surface area (Å²) in [6.45, 7) is 2.02. The number of nitrogens with zero attached hydrogens (tertiary/aromatic N) is 6. The lowest BCUT2D eigenvalue weighted by Gasteiger charge is -2.38. The number of alkyl halides is 3. The smallest absolute Gasteiger partial charge is 0.314 e. The molecule has 0 bridgehead atoms. The molecule has 0 amide bonds. The SMILES string of the molecule is CC[C@@H]1c2nncn2-c2cnc(-c3ccccc3C(F)(F)F)nc2N1C1=CC=C1. The number of aromatic nitrogens is 5. The average molecular weight is 396 g/mol. The fourth-order valence-corrected chi connectivity index (χ4v) is 3.70. The van der Waals surface area contributed by atoms with Gasteiger partial charge in [0.1, 0.15) is 12.0 Å². The molecule has 9 heteroatoms. The van der Waals surface area contributed by atoms with Crippen LogP contribution in [0, 0.1) is 0 Å². The van der Waals surface area contributed by atoms with Gasteiger partial charge >= 0.3 is 6.18 Å². The summed E-state index contributed by atoms with van der Waals surface area (Å²) in [5.74, 6) is 1.30. The van der Waals surface area contributed by atoms with Gasteiger partial charge in [-0.25, -0.2) is 9.97 Å². The van der Waals surface area contributed by atoms with Gasteiger partial charge in [-0.05, 0) is 24.6 Å². The maximum atomic E-state index is 13.5. The molecule has 2 aromatic heterocycles. The van der Waals surface area contributed by atoms with Crippen molar-refractivity contribution in [2.24, 2.45) is 0 Å². The first-order valence-electron chi connectivity index (χ1n) is 9.10.